The molecule has 2 nitrogen and oxygen atoms in total. The lowest BCUT2D eigenvalue weighted by Gasteiger charge is -2.27. The molecule has 114 valence electrons. The van der Waals surface area contributed by atoms with E-state index in [0.29, 0.717) is 11.6 Å². The van der Waals surface area contributed by atoms with Crippen molar-refractivity contribution in [3.05, 3.63) is 34.6 Å². The average molecular weight is 302 g/mol. The number of benzene rings is 1. The maximum absolute atomic E-state index is 13.1. The van der Waals surface area contributed by atoms with Crippen LogP contribution in [0.15, 0.2) is 18.2 Å². The summed E-state index contributed by atoms with van der Waals surface area (Å²) < 4.78 is 18.9. The summed E-state index contributed by atoms with van der Waals surface area (Å²) in [6.07, 6.45) is 2.90. The van der Waals surface area contributed by atoms with Crippen LogP contribution in [0.3, 0.4) is 0 Å². The molecular formula is C16H25ClFNO. The zero-order chi connectivity index (χ0) is 15.0. The monoisotopic (exact) mass is 301 g/mol. The molecule has 4 heteroatoms. The molecule has 0 aliphatic rings. The van der Waals surface area contributed by atoms with Crippen LogP contribution in [0.25, 0.3) is 0 Å². The second-order valence-corrected chi connectivity index (χ2v) is 5.31. The third-order valence-corrected chi connectivity index (χ3v) is 3.70. The van der Waals surface area contributed by atoms with Crippen LogP contribution < -0.4 is 5.32 Å². The van der Waals surface area contributed by atoms with E-state index >= 15 is 0 Å². The maximum atomic E-state index is 13.1. The van der Waals surface area contributed by atoms with Gasteiger partial charge in [-0.15, -0.1) is 0 Å². The fourth-order valence-electron chi connectivity index (χ4n) is 2.32. The van der Waals surface area contributed by atoms with Gasteiger partial charge in [0.05, 0.1) is 6.10 Å². The summed E-state index contributed by atoms with van der Waals surface area (Å²) in [4.78, 5) is 0. The van der Waals surface area contributed by atoms with Gasteiger partial charge in [0.25, 0.3) is 0 Å². The Hall–Kier alpha value is -0.640. The first-order valence-electron chi connectivity index (χ1n) is 7.41. The third-order valence-electron chi connectivity index (χ3n) is 3.34. The summed E-state index contributed by atoms with van der Waals surface area (Å²) in [6.45, 7) is 7.89. The molecule has 1 aromatic rings. The first-order valence-corrected chi connectivity index (χ1v) is 7.79. The number of hydrogen-bond donors (Lipinski definition) is 1. The molecule has 0 bridgehead atoms. The van der Waals surface area contributed by atoms with E-state index in [0.717, 1.165) is 31.4 Å². The van der Waals surface area contributed by atoms with Crippen LogP contribution in [-0.2, 0) is 11.2 Å². The van der Waals surface area contributed by atoms with Crippen LogP contribution in [0.5, 0.6) is 0 Å². The van der Waals surface area contributed by atoms with Crippen LogP contribution >= 0.6 is 11.6 Å². The molecule has 20 heavy (non-hydrogen) atoms. The summed E-state index contributed by atoms with van der Waals surface area (Å²) >= 11 is 6.12. The van der Waals surface area contributed by atoms with Crippen LogP contribution in [0.2, 0.25) is 5.02 Å². The molecule has 0 saturated heterocycles. The molecule has 2 unspecified atom stereocenters. The molecule has 0 heterocycles. The maximum Gasteiger partial charge on any atom is 0.124 e. The summed E-state index contributed by atoms with van der Waals surface area (Å²) in [5, 5.41) is 4.00. The second kappa shape index (κ2) is 9.32. The average Bonchev–Trinajstić information content (AvgIpc) is 2.43. The third kappa shape index (κ3) is 5.39. The highest BCUT2D eigenvalue weighted by Gasteiger charge is 2.21. The normalized spacial score (nSPS) is 14.2. The zero-order valence-electron chi connectivity index (χ0n) is 12.6. The molecule has 0 aliphatic heterocycles. The number of hydrogen-bond acceptors (Lipinski definition) is 2. The molecule has 0 aliphatic carbocycles. The Bertz CT molecular complexity index is 400. The fraction of sp³-hybridized carbons (Fsp3) is 0.625. The minimum Gasteiger partial charge on any atom is -0.377 e. The summed E-state index contributed by atoms with van der Waals surface area (Å²) in [6, 6.07) is 4.79. The molecule has 0 aromatic heterocycles. The standard InChI is InChI=1S/C16H25ClFNO/c1-4-9-19-15(16(5-2)20-6-3)10-12-7-8-13(18)11-14(12)17/h7-8,11,15-16,19H,4-6,9-10H2,1-3H3. The minimum absolute atomic E-state index is 0.146. The SMILES string of the molecule is CCCNC(Cc1ccc(F)cc1Cl)C(CC)OCC. The summed E-state index contributed by atoms with van der Waals surface area (Å²) in [5.41, 5.74) is 0.958. The van der Waals surface area contributed by atoms with E-state index in [1.54, 1.807) is 6.07 Å². The van der Waals surface area contributed by atoms with E-state index in [-0.39, 0.29) is 18.0 Å². The Labute approximate surface area is 126 Å². The van der Waals surface area contributed by atoms with Gasteiger partial charge in [0, 0.05) is 17.7 Å². The molecule has 0 saturated carbocycles. The van der Waals surface area contributed by atoms with Crippen molar-refractivity contribution in [1.82, 2.24) is 5.32 Å². The van der Waals surface area contributed by atoms with E-state index in [1.807, 2.05) is 6.92 Å². The molecule has 2 atom stereocenters. The van der Waals surface area contributed by atoms with Crippen molar-refractivity contribution in [2.75, 3.05) is 13.2 Å². The van der Waals surface area contributed by atoms with Gasteiger partial charge in [-0.2, -0.15) is 0 Å². The lowest BCUT2D eigenvalue weighted by atomic mass is 9.99. The molecule has 0 radical (unpaired) electrons. The highest BCUT2D eigenvalue weighted by molar-refractivity contribution is 6.31. The number of nitrogens with one attached hydrogen (secondary N) is 1. The summed E-state index contributed by atoms with van der Waals surface area (Å²) in [7, 11) is 0. The highest BCUT2D eigenvalue weighted by Crippen LogP contribution is 2.21. The van der Waals surface area contributed by atoms with Gasteiger partial charge in [0.1, 0.15) is 5.82 Å². The lowest BCUT2D eigenvalue weighted by Crippen LogP contribution is -2.43. The molecule has 1 rings (SSSR count). The Morgan fingerprint density at radius 1 is 1.30 bits per heavy atom. The molecule has 0 spiro atoms. The van der Waals surface area contributed by atoms with E-state index in [4.69, 9.17) is 16.3 Å². The Balaban J connectivity index is 2.81. The van der Waals surface area contributed by atoms with Crippen molar-refractivity contribution in [3.8, 4) is 0 Å². The Kier molecular flexibility index (Phi) is 8.12. The minimum atomic E-state index is -0.298. The molecular weight excluding hydrogens is 277 g/mol. The van der Waals surface area contributed by atoms with Crippen molar-refractivity contribution >= 4 is 11.6 Å². The van der Waals surface area contributed by atoms with Crippen molar-refractivity contribution in [2.24, 2.45) is 0 Å². The van der Waals surface area contributed by atoms with Gasteiger partial charge in [0.2, 0.25) is 0 Å². The van der Waals surface area contributed by atoms with Crippen molar-refractivity contribution in [1.29, 1.82) is 0 Å². The summed E-state index contributed by atoms with van der Waals surface area (Å²) in [5.74, 6) is -0.298. The Morgan fingerprint density at radius 3 is 2.60 bits per heavy atom. The van der Waals surface area contributed by atoms with E-state index < -0.39 is 0 Å². The highest BCUT2D eigenvalue weighted by atomic mass is 35.5. The topological polar surface area (TPSA) is 21.3 Å². The van der Waals surface area contributed by atoms with Crippen molar-refractivity contribution in [2.45, 2.75) is 52.2 Å². The van der Waals surface area contributed by atoms with E-state index in [9.17, 15) is 4.39 Å². The van der Waals surface area contributed by atoms with Gasteiger partial charge in [-0.05, 0) is 50.4 Å². The van der Waals surface area contributed by atoms with Gasteiger partial charge in [-0.1, -0.05) is 31.5 Å². The number of halogens is 2. The van der Waals surface area contributed by atoms with Crippen molar-refractivity contribution in [3.63, 3.8) is 0 Å². The second-order valence-electron chi connectivity index (χ2n) is 4.90. The van der Waals surface area contributed by atoms with Crippen LogP contribution in [0, 0.1) is 5.82 Å². The van der Waals surface area contributed by atoms with Crippen molar-refractivity contribution < 1.29 is 9.13 Å². The van der Waals surface area contributed by atoms with Gasteiger partial charge in [-0.3, -0.25) is 0 Å². The van der Waals surface area contributed by atoms with Gasteiger partial charge >= 0.3 is 0 Å². The van der Waals surface area contributed by atoms with Gasteiger partial charge in [-0.25, -0.2) is 4.39 Å². The van der Waals surface area contributed by atoms with Crippen LogP contribution in [0.1, 0.15) is 39.2 Å². The van der Waals surface area contributed by atoms with Gasteiger partial charge in [0.15, 0.2) is 0 Å². The Morgan fingerprint density at radius 2 is 2.05 bits per heavy atom. The molecule has 0 fully saturated rings. The van der Waals surface area contributed by atoms with E-state index in [2.05, 4.69) is 19.2 Å². The number of rotatable bonds is 9. The fourth-order valence-corrected chi connectivity index (χ4v) is 2.57. The predicted molar refractivity (Wildman–Crippen MR) is 82.9 cm³/mol. The van der Waals surface area contributed by atoms with E-state index in [1.165, 1.54) is 12.1 Å². The zero-order valence-corrected chi connectivity index (χ0v) is 13.3. The lowest BCUT2D eigenvalue weighted by molar-refractivity contribution is 0.0320. The van der Waals surface area contributed by atoms with Crippen LogP contribution in [0.4, 0.5) is 4.39 Å². The van der Waals surface area contributed by atoms with Crippen LogP contribution in [-0.4, -0.2) is 25.3 Å². The molecule has 0 amide bonds. The molecule has 1 aromatic carbocycles. The first-order chi connectivity index (χ1) is 9.62. The number of ether oxygens (including phenoxy) is 1. The van der Waals surface area contributed by atoms with Gasteiger partial charge < -0.3 is 10.1 Å². The predicted octanol–water partition coefficient (Wildman–Crippen LogP) is 4.20. The molecule has 1 N–H and O–H groups in total. The smallest absolute Gasteiger partial charge is 0.124 e. The quantitative estimate of drug-likeness (QED) is 0.738. The first kappa shape index (κ1) is 17.4. The largest absolute Gasteiger partial charge is 0.377 e.